The van der Waals surface area contributed by atoms with E-state index < -0.39 is 0 Å². The summed E-state index contributed by atoms with van der Waals surface area (Å²) in [6, 6.07) is 11.7. The lowest BCUT2D eigenvalue weighted by Gasteiger charge is -2.19. The average Bonchev–Trinajstić information content (AvgIpc) is 3.30. The van der Waals surface area contributed by atoms with Crippen molar-refractivity contribution in [3.05, 3.63) is 63.7 Å². The molecule has 4 rings (SSSR count). The van der Waals surface area contributed by atoms with E-state index in [1.54, 1.807) is 19.1 Å². The number of hydrogen-bond acceptors (Lipinski definition) is 6. The number of anilines is 1. The first-order valence-electron chi connectivity index (χ1n) is 9.46. The van der Waals surface area contributed by atoms with Crippen LogP contribution in [0.4, 0.5) is 5.69 Å². The molecule has 2 heterocycles. The Kier molecular flexibility index (Phi) is 5.22. The zero-order valence-corrected chi connectivity index (χ0v) is 18.1. The molecular formula is C23H23N3O3S. The van der Waals surface area contributed by atoms with Gasteiger partial charge in [0, 0.05) is 22.7 Å². The number of nitrogens with one attached hydrogen (secondary N) is 1. The van der Waals surface area contributed by atoms with Gasteiger partial charge in [0.15, 0.2) is 0 Å². The summed E-state index contributed by atoms with van der Waals surface area (Å²) < 4.78 is 10.8. The van der Waals surface area contributed by atoms with Gasteiger partial charge in [-0.3, -0.25) is 5.41 Å². The van der Waals surface area contributed by atoms with Crippen LogP contribution >= 0.6 is 11.3 Å². The fourth-order valence-corrected chi connectivity index (χ4v) is 4.54. The molecule has 0 spiro atoms. The number of hydrogen-bond donors (Lipinski definition) is 2. The second-order valence-corrected chi connectivity index (χ2v) is 8.06. The topological polar surface area (TPSA) is 78.7 Å². The van der Waals surface area contributed by atoms with Crippen LogP contribution in [0.2, 0.25) is 0 Å². The highest BCUT2D eigenvalue weighted by Gasteiger charge is 2.31. The summed E-state index contributed by atoms with van der Waals surface area (Å²) in [4.78, 5) is 6.51. The Bertz CT molecular complexity index is 1150. The van der Waals surface area contributed by atoms with Crippen LogP contribution in [0, 0.1) is 19.3 Å². The summed E-state index contributed by atoms with van der Waals surface area (Å²) in [5, 5.41) is 21.9. The Labute approximate surface area is 179 Å². The first-order valence-corrected chi connectivity index (χ1v) is 10.3. The van der Waals surface area contributed by atoms with E-state index in [4.69, 9.17) is 19.9 Å². The van der Waals surface area contributed by atoms with Crippen LogP contribution in [-0.2, 0) is 0 Å². The molecule has 0 radical (unpaired) electrons. The number of nitrogens with zero attached hydrogens (tertiary/aromatic N) is 2. The molecule has 0 saturated carbocycles. The van der Waals surface area contributed by atoms with Gasteiger partial charge in [0.2, 0.25) is 0 Å². The van der Waals surface area contributed by atoms with E-state index >= 15 is 0 Å². The average molecular weight is 422 g/mol. The van der Waals surface area contributed by atoms with E-state index in [9.17, 15) is 5.11 Å². The van der Waals surface area contributed by atoms with Gasteiger partial charge in [-0.05, 0) is 49.2 Å². The van der Waals surface area contributed by atoms with Crippen molar-refractivity contribution in [1.29, 1.82) is 5.41 Å². The maximum Gasteiger partial charge on any atom is 0.139 e. The maximum absolute atomic E-state index is 10.7. The standard InChI is InChI=1S/C23H23N3O3S/c1-13-7-14(2)9-15(8-13)26-11-19(27)21(22(26)24)23-25-18(12-30-23)17-6-5-16(28-3)10-20(17)29-4/h5-10,12,24,27H,11H2,1-4H3. The van der Waals surface area contributed by atoms with E-state index in [0.29, 0.717) is 22.1 Å². The molecule has 0 unspecified atom stereocenters. The molecule has 7 heteroatoms. The molecule has 2 N–H and O–H groups in total. The summed E-state index contributed by atoms with van der Waals surface area (Å²) >= 11 is 1.40. The molecule has 6 nitrogen and oxygen atoms in total. The number of aryl methyl sites for hydroxylation is 2. The van der Waals surface area contributed by atoms with Crippen molar-refractivity contribution in [2.75, 3.05) is 25.7 Å². The molecule has 0 atom stereocenters. The van der Waals surface area contributed by atoms with E-state index in [0.717, 1.165) is 28.1 Å². The van der Waals surface area contributed by atoms with Gasteiger partial charge in [0.05, 0.1) is 32.0 Å². The minimum Gasteiger partial charge on any atom is -0.510 e. The Morgan fingerprint density at radius 3 is 2.47 bits per heavy atom. The number of aliphatic hydroxyl groups is 1. The van der Waals surface area contributed by atoms with Crippen molar-refractivity contribution >= 4 is 28.4 Å². The smallest absolute Gasteiger partial charge is 0.139 e. The van der Waals surface area contributed by atoms with Gasteiger partial charge in [0.25, 0.3) is 0 Å². The normalized spacial score (nSPS) is 13.9. The number of methoxy groups -OCH3 is 2. The van der Waals surface area contributed by atoms with Gasteiger partial charge in [0.1, 0.15) is 28.1 Å². The van der Waals surface area contributed by atoms with Crippen molar-refractivity contribution in [1.82, 2.24) is 4.98 Å². The summed E-state index contributed by atoms with van der Waals surface area (Å²) in [5.41, 5.74) is 5.16. The molecule has 30 heavy (non-hydrogen) atoms. The van der Waals surface area contributed by atoms with Crippen molar-refractivity contribution in [3.63, 3.8) is 0 Å². The molecular weight excluding hydrogens is 398 g/mol. The molecule has 154 valence electrons. The predicted molar refractivity (Wildman–Crippen MR) is 121 cm³/mol. The lowest BCUT2D eigenvalue weighted by Crippen LogP contribution is -2.26. The van der Waals surface area contributed by atoms with Gasteiger partial charge >= 0.3 is 0 Å². The molecule has 1 aliphatic rings. The van der Waals surface area contributed by atoms with E-state index in [1.165, 1.54) is 11.3 Å². The first kappa shape index (κ1) is 20.0. The fourth-order valence-electron chi connectivity index (χ4n) is 3.65. The number of rotatable bonds is 5. The van der Waals surface area contributed by atoms with E-state index in [-0.39, 0.29) is 18.1 Å². The summed E-state index contributed by atoms with van der Waals surface area (Å²) in [7, 11) is 3.21. The van der Waals surface area contributed by atoms with Crippen molar-refractivity contribution in [2.24, 2.45) is 0 Å². The second kappa shape index (κ2) is 7.84. The highest BCUT2D eigenvalue weighted by molar-refractivity contribution is 7.11. The lowest BCUT2D eigenvalue weighted by molar-refractivity contribution is 0.395. The van der Waals surface area contributed by atoms with Crippen LogP contribution in [0.5, 0.6) is 11.5 Å². The second-order valence-electron chi connectivity index (χ2n) is 7.21. The van der Waals surface area contributed by atoms with Gasteiger partial charge in [-0.25, -0.2) is 4.98 Å². The monoisotopic (exact) mass is 421 g/mol. The first-order chi connectivity index (χ1) is 14.4. The third kappa shape index (κ3) is 3.52. The van der Waals surface area contributed by atoms with Crippen LogP contribution in [0.15, 0.2) is 47.5 Å². The van der Waals surface area contributed by atoms with Crippen molar-refractivity contribution in [3.8, 4) is 22.8 Å². The highest BCUT2D eigenvalue weighted by Crippen LogP contribution is 2.38. The third-order valence-corrected chi connectivity index (χ3v) is 5.88. The molecule has 0 aliphatic carbocycles. The largest absolute Gasteiger partial charge is 0.510 e. The SMILES string of the molecule is COc1ccc(-c2csc(C3=C(O)CN(c4cc(C)cc(C)c4)C3=N)n2)c(OC)c1. The number of aliphatic hydroxyl groups excluding tert-OH is 1. The molecule has 3 aromatic rings. The van der Waals surface area contributed by atoms with Crippen LogP contribution in [0.1, 0.15) is 16.1 Å². The molecule has 0 amide bonds. The van der Waals surface area contributed by atoms with Gasteiger partial charge in [-0.2, -0.15) is 0 Å². The number of benzene rings is 2. The van der Waals surface area contributed by atoms with Gasteiger partial charge in [-0.1, -0.05) is 6.07 Å². The molecule has 0 fully saturated rings. The zero-order valence-electron chi connectivity index (χ0n) is 17.3. The Hall–Kier alpha value is -3.32. The molecule has 0 bridgehead atoms. The Balaban J connectivity index is 1.67. The minimum atomic E-state index is 0.154. The van der Waals surface area contributed by atoms with Crippen molar-refractivity contribution < 1.29 is 14.6 Å². The predicted octanol–water partition coefficient (Wildman–Crippen LogP) is 5.21. The Morgan fingerprint density at radius 1 is 1.07 bits per heavy atom. The maximum atomic E-state index is 10.7. The van der Waals surface area contributed by atoms with E-state index in [2.05, 4.69) is 6.07 Å². The lowest BCUT2D eigenvalue weighted by atomic mass is 10.1. The van der Waals surface area contributed by atoms with Crippen molar-refractivity contribution in [2.45, 2.75) is 13.8 Å². The Morgan fingerprint density at radius 2 is 1.80 bits per heavy atom. The van der Waals surface area contributed by atoms with Crippen LogP contribution < -0.4 is 14.4 Å². The molecule has 1 aromatic heterocycles. The molecule has 0 saturated heterocycles. The molecule has 1 aliphatic heterocycles. The third-order valence-electron chi connectivity index (χ3n) is 5.02. The summed E-state index contributed by atoms with van der Waals surface area (Å²) in [6.45, 7) is 4.32. The summed E-state index contributed by atoms with van der Waals surface area (Å²) in [5.74, 6) is 1.76. The zero-order chi connectivity index (χ0) is 21.4. The van der Waals surface area contributed by atoms with Crippen LogP contribution in [-0.4, -0.2) is 36.7 Å². The van der Waals surface area contributed by atoms with Crippen LogP contribution in [0.25, 0.3) is 16.8 Å². The highest BCUT2D eigenvalue weighted by atomic mass is 32.1. The minimum absolute atomic E-state index is 0.154. The number of amidine groups is 1. The van der Waals surface area contributed by atoms with Gasteiger partial charge in [-0.15, -0.1) is 11.3 Å². The fraction of sp³-hybridized carbons (Fsp3) is 0.217. The summed E-state index contributed by atoms with van der Waals surface area (Å²) in [6.07, 6.45) is 0. The number of ether oxygens (including phenoxy) is 2. The molecule has 2 aromatic carbocycles. The quantitative estimate of drug-likeness (QED) is 0.591. The van der Waals surface area contributed by atoms with E-state index in [1.807, 2.05) is 49.6 Å². The number of thiazole rings is 1. The van der Waals surface area contributed by atoms with Gasteiger partial charge < -0.3 is 19.5 Å². The van der Waals surface area contributed by atoms with Crippen LogP contribution in [0.3, 0.4) is 0 Å². The number of aromatic nitrogens is 1.